The van der Waals surface area contributed by atoms with Gasteiger partial charge < -0.3 is 15.6 Å². The van der Waals surface area contributed by atoms with Crippen molar-refractivity contribution in [2.45, 2.75) is 13.8 Å². The molecule has 0 saturated carbocycles. The zero-order valence-corrected chi connectivity index (χ0v) is 9.65. The van der Waals surface area contributed by atoms with Crippen LogP contribution in [-0.2, 0) is 0 Å². The van der Waals surface area contributed by atoms with Gasteiger partial charge in [-0.05, 0) is 31.5 Å². The number of anilines is 2. The van der Waals surface area contributed by atoms with Crippen LogP contribution in [0.25, 0.3) is 0 Å². The molecule has 0 aliphatic heterocycles. The maximum atomic E-state index is 11.8. The highest BCUT2D eigenvalue weighted by atomic mass is 16.5. The summed E-state index contributed by atoms with van der Waals surface area (Å²) in [6.07, 6.45) is 0. The SMILES string of the molecule is Cc1cc(NC(=O)c2ccc(C)c(N)c2)no1. The molecule has 2 aromatic rings. The van der Waals surface area contributed by atoms with E-state index in [-0.39, 0.29) is 5.91 Å². The average molecular weight is 231 g/mol. The lowest BCUT2D eigenvalue weighted by Crippen LogP contribution is -2.12. The summed E-state index contributed by atoms with van der Waals surface area (Å²) < 4.78 is 4.85. The highest BCUT2D eigenvalue weighted by molar-refractivity contribution is 6.04. The predicted molar refractivity (Wildman–Crippen MR) is 64.8 cm³/mol. The first kappa shape index (κ1) is 11.2. The normalized spacial score (nSPS) is 10.2. The summed E-state index contributed by atoms with van der Waals surface area (Å²) in [6, 6.07) is 6.80. The summed E-state index contributed by atoms with van der Waals surface area (Å²) in [6.45, 7) is 3.64. The van der Waals surface area contributed by atoms with E-state index in [1.807, 2.05) is 6.92 Å². The molecule has 3 N–H and O–H groups in total. The second kappa shape index (κ2) is 4.29. The molecular weight excluding hydrogens is 218 g/mol. The van der Waals surface area contributed by atoms with Gasteiger partial charge in [-0.3, -0.25) is 4.79 Å². The Labute approximate surface area is 98.6 Å². The van der Waals surface area contributed by atoms with Gasteiger partial charge >= 0.3 is 0 Å². The summed E-state index contributed by atoms with van der Waals surface area (Å²) in [4.78, 5) is 11.8. The van der Waals surface area contributed by atoms with Gasteiger partial charge in [-0.1, -0.05) is 11.2 Å². The molecule has 2 rings (SSSR count). The van der Waals surface area contributed by atoms with E-state index in [1.54, 1.807) is 31.2 Å². The first-order chi connectivity index (χ1) is 8.06. The number of rotatable bonds is 2. The van der Waals surface area contributed by atoms with Crippen LogP contribution < -0.4 is 11.1 Å². The average Bonchev–Trinajstić information content (AvgIpc) is 2.68. The van der Waals surface area contributed by atoms with E-state index in [0.717, 1.165) is 5.56 Å². The highest BCUT2D eigenvalue weighted by Gasteiger charge is 2.09. The number of carbonyl (C=O) groups excluding carboxylic acids is 1. The van der Waals surface area contributed by atoms with Crippen molar-refractivity contribution in [1.29, 1.82) is 0 Å². The third-order valence-electron chi connectivity index (χ3n) is 2.41. The summed E-state index contributed by atoms with van der Waals surface area (Å²) in [5.41, 5.74) is 7.77. The first-order valence-corrected chi connectivity index (χ1v) is 5.17. The highest BCUT2D eigenvalue weighted by Crippen LogP contribution is 2.15. The van der Waals surface area contributed by atoms with Crippen molar-refractivity contribution < 1.29 is 9.32 Å². The Kier molecular flexibility index (Phi) is 2.82. The maximum absolute atomic E-state index is 11.8. The van der Waals surface area contributed by atoms with Gasteiger partial charge in [-0.25, -0.2) is 0 Å². The van der Waals surface area contributed by atoms with E-state index >= 15 is 0 Å². The monoisotopic (exact) mass is 231 g/mol. The number of aryl methyl sites for hydroxylation is 2. The fraction of sp³-hybridized carbons (Fsp3) is 0.167. The molecule has 0 unspecified atom stereocenters. The van der Waals surface area contributed by atoms with Crippen LogP contribution in [0.4, 0.5) is 11.5 Å². The number of benzene rings is 1. The third-order valence-corrected chi connectivity index (χ3v) is 2.41. The van der Waals surface area contributed by atoms with Gasteiger partial charge in [0.25, 0.3) is 5.91 Å². The van der Waals surface area contributed by atoms with Gasteiger partial charge in [0, 0.05) is 17.3 Å². The van der Waals surface area contributed by atoms with Crippen LogP contribution in [0.5, 0.6) is 0 Å². The minimum Gasteiger partial charge on any atom is -0.398 e. The molecule has 88 valence electrons. The molecule has 0 fully saturated rings. The lowest BCUT2D eigenvalue weighted by molar-refractivity contribution is 0.102. The van der Waals surface area contributed by atoms with E-state index in [9.17, 15) is 4.79 Å². The Morgan fingerprint density at radius 3 is 2.71 bits per heavy atom. The fourth-order valence-electron chi connectivity index (χ4n) is 1.40. The number of hydrogen-bond donors (Lipinski definition) is 2. The van der Waals surface area contributed by atoms with Crippen LogP contribution in [-0.4, -0.2) is 11.1 Å². The van der Waals surface area contributed by atoms with Crippen LogP contribution in [0.1, 0.15) is 21.7 Å². The van der Waals surface area contributed by atoms with E-state index in [4.69, 9.17) is 10.3 Å². The second-order valence-corrected chi connectivity index (χ2v) is 3.85. The molecule has 0 atom stereocenters. The third kappa shape index (κ3) is 2.44. The molecule has 0 aliphatic rings. The molecule has 5 nitrogen and oxygen atoms in total. The van der Waals surface area contributed by atoms with Crippen molar-refractivity contribution in [2.75, 3.05) is 11.1 Å². The van der Waals surface area contributed by atoms with Crippen molar-refractivity contribution in [3.8, 4) is 0 Å². The smallest absolute Gasteiger partial charge is 0.256 e. The summed E-state index contributed by atoms with van der Waals surface area (Å²) in [5, 5.41) is 6.31. The predicted octanol–water partition coefficient (Wildman–Crippen LogP) is 2.13. The molecule has 0 spiro atoms. The Morgan fingerprint density at radius 1 is 1.35 bits per heavy atom. The van der Waals surface area contributed by atoms with E-state index in [0.29, 0.717) is 22.8 Å². The fourth-order valence-corrected chi connectivity index (χ4v) is 1.40. The van der Waals surface area contributed by atoms with Gasteiger partial charge in [-0.15, -0.1) is 0 Å². The van der Waals surface area contributed by atoms with Crippen molar-refractivity contribution in [3.05, 3.63) is 41.2 Å². The molecule has 1 heterocycles. The zero-order chi connectivity index (χ0) is 12.4. The minimum atomic E-state index is -0.259. The van der Waals surface area contributed by atoms with Crippen LogP contribution in [0.2, 0.25) is 0 Å². The van der Waals surface area contributed by atoms with E-state index in [2.05, 4.69) is 10.5 Å². The topological polar surface area (TPSA) is 81.2 Å². The molecule has 0 radical (unpaired) electrons. The van der Waals surface area contributed by atoms with Crippen LogP contribution in [0, 0.1) is 13.8 Å². The standard InChI is InChI=1S/C12H13N3O2/c1-7-3-4-9(6-10(7)13)12(16)14-11-5-8(2)17-15-11/h3-6H,13H2,1-2H3,(H,14,15,16). The number of aromatic nitrogens is 1. The van der Waals surface area contributed by atoms with Crippen molar-refractivity contribution in [1.82, 2.24) is 5.16 Å². The molecule has 0 bridgehead atoms. The number of nitrogens with two attached hydrogens (primary N) is 1. The van der Waals surface area contributed by atoms with Crippen LogP contribution >= 0.6 is 0 Å². The molecule has 5 heteroatoms. The van der Waals surface area contributed by atoms with E-state index in [1.165, 1.54) is 0 Å². The van der Waals surface area contributed by atoms with Crippen LogP contribution in [0.3, 0.4) is 0 Å². The molecule has 1 amide bonds. The number of carbonyl (C=O) groups is 1. The Balaban J connectivity index is 2.17. The molecule has 1 aromatic heterocycles. The van der Waals surface area contributed by atoms with E-state index < -0.39 is 0 Å². The number of nitrogens with one attached hydrogen (secondary N) is 1. The maximum Gasteiger partial charge on any atom is 0.256 e. The summed E-state index contributed by atoms with van der Waals surface area (Å²) >= 11 is 0. The lowest BCUT2D eigenvalue weighted by atomic mass is 10.1. The number of nitrogen functional groups attached to an aromatic ring is 1. The quantitative estimate of drug-likeness (QED) is 0.776. The lowest BCUT2D eigenvalue weighted by Gasteiger charge is -2.04. The van der Waals surface area contributed by atoms with Gasteiger partial charge in [-0.2, -0.15) is 0 Å². The largest absolute Gasteiger partial charge is 0.398 e. The molecule has 0 aliphatic carbocycles. The zero-order valence-electron chi connectivity index (χ0n) is 9.65. The Morgan fingerprint density at radius 2 is 2.12 bits per heavy atom. The second-order valence-electron chi connectivity index (χ2n) is 3.85. The van der Waals surface area contributed by atoms with Gasteiger partial charge in [0.2, 0.25) is 0 Å². The van der Waals surface area contributed by atoms with Gasteiger partial charge in [0.15, 0.2) is 5.82 Å². The summed E-state index contributed by atoms with van der Waals surface area (Å²) in [5.74, 6) is 0.778. The molecule has 17 heavy (non-hydrogen) atoms. The number of amides is 1. The molecule has 0 saturated heterocycles. The van der Waals surface area contributed by atoms with Crippen molar-refractivity contribution in [2.24, 2.45) is 0 Å². The Hall–Kier alpha value is -2.30. The Bertz CT molecular complexity index is 561. The summed E-state index contributed by atoms with van der Waals surface area (Å²) in [7, 11) is 0. The van der Waals surface area contributed by atoms with Gasteiger partial charge in [0.1, 0.15) is 5.76 Å². The first-order valence-electron chi connectivity index (χ1n) is 5.17. The van der Waals surface area contributed by atoms with Crippen molar-refractivity contribution >= 4 is 17.4 Å². The number of hydrogen-bond acceptors (Lipinski definition) is 4. The van der Waals surface area contributed by atoms with Gasteiger partial charge in [0.05, 0.1) is 0 Å². The molecule has 1 aromatic carbocycles. The number of nitrogens with zero attached hydrogens (tertiary/aromatic N) is 1. The van der Waals surface area contributed by atoms with Crippen LogP contribution in [0.15, 0.2) is 28.8 Å². The minimum absolute atomic E-state index is 0.259. The molecular formula is C12H13N3O2. The van der Waals surface area contributed by atoms with Crippen molar-refractivity contribution in [3.63, 3.8) is 0 Å².